The van der Waals surface area contributed by atoms with Crippen LogP contribution in [0.15, 0.2) is 47.0 Å². The van der Waals surface area contributed by atoms with E-state index in [-0.39, 0.29) is 40.4 Å². The average molecular weight is 544 g/mol. The van der Waals surface area contributed by atoms with Crippen molar-refractivity contribution in [2.45, 2.75) is 12.5 Å². The van der Waals surface area contributed by atoms with Gasteiger partial charge in [0.2, 0.25) is 5.89 Å². The van der Waals surface area contributed by atoms with Crippen LogP contribution in [0.25, 0.3) is 22.6 Å². The second-order valence-corrected chi connectivity index (χ2v) is 8.33. The number of hydrogen-bond acceptors (Lipinski definition) is 7. The molecule has 0 fully saturated rings. The van der Waals surface area contributed by atoms with Crippen molar-refractivity contribution < 1.29 is 19.1 Å². The smallest absolute Gasteiger partial charge is 0.321 e. The van der Waals surface area contributed by atoms with Crippen molar-refractivity contribution in [3.63, 3.8) is 0 Å². The van der Waals surface area contributed by atoms with E-state index in [0.717, 1.165) is 0 Å². The molecule has 4 N–H and O–H groups in total. The number of aromatic nitrogens is 2. The van der Waals surface area contributed by atoms with Crippen molar-refractivity contribution in [1.29, 1.82) is 0 Å². The summed E-state index contributed by atoms with van der Waals surface area (Å²) in [4.78, 5) is 19.8. The van der Waals surface area contributed by atoms with E-state index in [2.05, 4.69) is 15.3 Å². The van der Waals surface area contributed by atoms with Crippen LogP contribution in [-0.2, 0) is 11.2 Å². The highest BCUT2D eigenvalue weighted by atomic mass is 35.5. The maximum absolute atomic E-state index is 11.3. The van der Waals surface area contributed by atoms with E-state index in [0.29, 0.717) is 39.0 Å². The summed E-state index contributed by atoms with van der Waals surface area (Å²) in [6.07, 6.45) is 1.73. The maximum Gasteiger partial charge on any atom is 0.321 e. The summed E-state index contributed by atoms with van der Waals surface area (Å²) in [6, 6.07) is 8.99. The Morgan fingerprint density at radius 1 is 1.21 bits per heavy atom. The molecule has 4 rings (SSSR count). The topological polar surface area (TPSA) is 124 Å². The van der Waals surface area contributed by atoms with E-state index < -0.39 is 12.0 Å². The fourth-order valence-electron chi connectivity index (χ4n) is 3.21. The van der Waals surface area contributed by atoms with Gasteiger partial charge in [-0.2, -0.15) is 0 Å². The Balaban J connectivity index is 0.00000324. The minimum absolute atomic E-state index is 0. The van der Waals surface area contributed by atoms with Crippen LogP contribution in [0.1, 0.15) is 5.56 Å². The minimum atomic E-state index is -0.982. The quantitative estimate of drug-likeness (QED) is 0.195. The van der Waals surface area contributed by atoms with E-state index >= 15 is 0 Å². The number of ether oxygens (including phenoxy) is 1. The average Bonchev–Trinajstić information content (AvgIpc) is 3.18. The molecule has 0 aliphatic carbocycles. The molecule has 178 valence electrons. The highest BCUT2D eigenvalue weighted by molar-refractivity contribution is 6.37. The lowest BCUT2D eigenvalue weighted by Crippen LogP contribution is -2.35. The number of oxazole rings is 1. The van der Waals surface area contributed by atoms with Gasteiger partial charge >= 0.3 is 5.97 Å². The number of rotatable bonds is 7. The summed E-state index contributed by atoms with van der Waals surface area (Å²) >= 11 is 18.7. The van der Waals surface area contributed by atoms with Crippen LogP contribution < -0.4 is 15.8 Å². The zero-order chi connectivity index (χ0) is 23.7. The number of carboxylic acids is 1. The van der Waals surface area contributed by atoms with Gasteiger partial charge in [0.1, 0.15) is 16.7 Å². The van der Waals surface area contributed by atoms with E-state index in [9.17, 15) is 9.90 Å². The Morgan fingerprint density at radius 2 is 1.91 bits per heavy atom. The molecule has 4 aromatic rings. The highest BCUT2D eigenvalue weighted by Gasteiger charge is 2.20. The van der Waals surface area contributed by atoms with E-state index in [1.807, 2.05) is 0 Å². The fourth-order valence-corrected chi connectivity index (χ4v) is 3.93. The van der Waals surface area contributed by atoms with E-state index in [4.69, 9.17) is 49.7 Å². The zero-order valence-electron chi connectivity index (χ0n) is 17.5. The van der Waals surface area contributed by atoms with Crippen molar-refractivity contribution in [3.05, 3.63) is 63.4 Å². The molecule has 2 heterocycles. The van der Waals surface area contributed by atoms with Gasteiger partial charge in [-0.25, -0.2) is 9.97 Å². The molecule has 12 heteroatoms. The Hall–Kier alpha value is -2.75. The molecule has 0 aliphatic heterocycles. The summed E-state index contributed by atoms with van der Waals surface area (Å²) in [5, 5.41) is 12.7. The van der Waals surface area contributed by atoms with Crippen molar-refractivity contribution in [3.8, 4) is 23.0 Å². The van der Waals surface area contributed by atoms with E-state index in [1.54, 1.807) is 49.6 Å². The fraction of sp³-hybridized carbons (Fsp3) is 0.136. The van der Waals surface area contributed by atoms with Crippen molar-refractivity contribution in [2.75, 3.05) is 12.8 Å². The minimum Gasteiger partial charge on any atom is -0.480 e. The Kier molecular flexibility index (Phi) is 8.12. The number of nitrogen functional groups attached to an aromatic ring is 1. The molecule has 2 aromatic heterocycles. The van der Waals surface area contributed by atoms with Crippen LogP contribution in [0.4, 0.5) is 5.69 Å². The van der Waals surface area contributed by atoms with Gasteiger partial charge in [-0.1, -0.05) is 34.8 Å². The molecule has 0 amide bonds. The van der Waals surface area contributed by atoms with E-state index in [1.165, 1.54) is 0 Å². The second-order valence-electron chi connectivity index (χ2n) is 7.13. The Bertz CT molecular complexity index is 1320. The van der Waals surface area contributed by atoms with Gasteiger partial charge in [0.05, 0.1) is 15.6 Å². The summed E-state index contributed by atoms with van der Waals surface area (Å²) in [5.74, 6) is -0.231. The molecule has 0 bridgehead atoms. The van der Waals surface area contributed by atoms with Crippen LogP contribution >= 0.6 is 47.2 Å². The zero-order valence-corrected chi connectivity index (χ0v) is 20.6. The first kappa shape index (κ1) is 25.9. The van der Waals surface area contributed by atoms with Crippen LogP contribution in [0.2, 0.25) is 15.2 Å². The molecular formula is C22H18Cl4N4O4. The number of nitrogens with zero attached hydrogens (tertiary/aromatic N) is 2. The lowest BCUT2D eigenvalue weighted by molar-refractivity contribution is -0.139. The number of carboxylic acid groups (broad SMARTS) is 1. The summed E-state index contributed by atoms with van der Waals surface area (Å²) in [6.45, 7) is 0. The number of hydrogen-bond donors (Lipinski definition) is 3. The first-order valence-corrected chi connectivity index (χ1v) is 10.8. The number of pyridine rings is 1. The van der Waals surface area contributed by atoms with Gasteiger partial charge in [-0.05, 0) is 49.4 Å². The lowest BCUT2D eigenvalue weighted by atomic mass is 10.1. The molecule has 34 heavy (non-hydrogen) atoms. The molecule has 0 saturated heterocycles. The van der Waals surface area contributed by atoms with Crippen LogP contribution in [0.5, 0.6) is 11.5 Å². The number of likely N-dealkylation sites (N-methyl/N-ethyl adjacent to an activating group) is 1. The first-order chi connectivity index (χ1) is 15.7. The van der Waals surface area contributed by atoms with Gasteiger partial charge in [-0.15, -0.1) is 12.4 Å². The molecule has 0 unspecified atom stereocenters. The number of nitrogens with two attached hydrogens (primary N) is 1. The number of carbonyl (C=O) groups is 1. The first-order valence-electron chi connectivity index (χ1n) is 9.63. The summed E-state index contributed by atoms with van der Waals surface area (Å²) < 4.78 is 11.9. The van der Waals surface area contributed by atoms with Gasteiger partial charge in [-0.3, -0.25) is 4.79 Å². The van der Waals surface area contributed by atoms with Gasteiger partial charge in [0, 0.05) is 18.0 Å². The normalized spacial score (nSPS) is 11.8. The number of anilines is 1. The van der Waals surface area contributed by atoms with Crippen molar-refractivity contribution in [1.82, 2.24) is 15.3 Å². The SMILES string of the molecule is CN[C@@H](Cc1cc(Cl)c(Oc2cc(N)cc3nc(-c4ccc(Cl)nc4)oc23)c(Cl)c1)C(=O)O.Cl. The van der Waals surface area contributed by atoms with Crippen molar-refractivity contribution in [2.24, 2.45) is 0 Å². The predicted molar refractivity (Wildman–Crippen MR) is 135 cm³/mol. The molecule has 2 aromatic carbocycles. The molecule has 0 radical (unpaired) electrons. The Morgan fingerprint density at radius 3 is 2.50 bits per heavy atom. The highest BCUT2D eigenvalue weighted by Crippen LogP contribution is 2.41. The predicted octanol–water partition coefficient (Wildman–Crippen LogP) is 5.86. The number of fused-ring (bicyclic) bond motifs is 1. The number of aliphatic carboxylic acids is 1. The van der Waals surface area contributed by atoms with Gasteiger partial charge in [0.15, 0.2) is 17.1 Å². The van der Waals surface area contributed by atoms with Crippen molar-refractivity contribution >= 4 is 70.0 Å². The number of halogens is 4. The van der Waals surface area contributed by atoms with Crippen LogP contribution in [0.3, 0.4) is 0 Å². The van der Waals surface area contributed by atoms with Crippen LogP contribution in [0, 0.1) is 0 Å². The third-order valence-corrected chi connectivity index (χ3v) is 5.59. The molecule has 0 saturated carbocycles. The Labute approximate surface area is 215 Å². The number of nitrogens with one attached hydrogen (secondary N) is 1. The largest absolute Gasteiger partial charge is 0.480 e. The standard InChI is InChI=1S/C22H17Cl3N4O4.ClH/c1-27-16(22(30)31)6-10-4-13(23)19(14(24)5-10)32-17-8-12(26)7-15-20(17)33-21(29-15)11-2-3-18(25)28-9-11;/h2-5,7-9,16,27H,6,26H2,1H3,(H,30,31);1H/t16-;/m0./s1. The molecule has 1 atom stereocenters. The molecule has 0 aliphatic rings. The van der Waals surface area contributed by atoms with Gasteiger partial charge in [0.25, 0.3) is 0 Å². The van der Waals surface area contributed by atoms with Gasteiger partial charge < -0.3 is 25.3 Å². The number of benzene rings is 2. The summed E-state index contributed by atoms with van der Waals surface area (Å²) in [5.41, 5.74) is 8.49. The third-order valence-electron chi connectivity index (χ3n) is 4.81. The van der Waals surface area contributed by atoms with Crippen LogP contribution in [-0.4, -0.2) is 34.1 Å². The molecule has 8 nitrogen and oxygen atoms in total. The third kappa shape index (κ3) is 5.48. The second kappa shape index (κ2) is 10.7. The summed E-state index contributed by atoms with van der Waals surface area (Å²) in [7, 11) is 1.57. The maximum atomic E-state index is 11.3. The molecular weight excluding hydrogens is 526 g/mol. The molecule has 0 spiro atoms. The monoisotopic (exact) mass is 542 g/mol. The lowest BCUT2D eigenvalue weighted by Gasteiger charge is -2.14.